The van der Waals surface area contributed by atoms with Crippen LogP contribution in [0, 0.1) is 11.6 Å². The van der Waals surface area contributed by atoms with Crippen LogP contribution in [0.5, 0.6) is 0 Å². The van der Waals surface area contributed by atoms with E-state index in [1.165, 1.54) is 29.1 Å². The lowest BCUT2D eigenvalue weighted by atomic mass is 10.1. The molecule has 0 atom stereocenters. The number of halogens is 2. The number of hydrogen-bond donors (Lipinski definition) is 2. The van der Waals surface area contributed by atoms with E-state index in [-0.39, 0.29) is 12.1 Å². The second-order valence-corrected chi connectivity index (χ2v) is 5.54. The van der Waals surface area contributed by atoms with Gasteiger partial charge in [0.05, 0.1) is 11.9 Å². The zero-order valence-electron chi connectivity index (χ0n) is 13.0. The van der Waals surface area contributed by atoms with Crippen LogP contribution in [0.3, 0.4) is 0 Å². The second-order valence-electron chi connectivity index (χ2n) is 5.54. The Morgan fingerprint density at radius 1 is 1.29 bits per heavy atom. The molecule has 0 aliphatic rings. The van der Waals surface area contributed by atoms with Crippen molar-refractivity contribution in [3.05, 3.63) is 59.3 Å². The van der Waals surface area contributed by atoms with Crippen LogP contribution in [0.15, 0.2) is 36.5 Å². The Labute approximate surface area is 137 Å². The molecule has 0 aliphatic heterocycles. The topological polar surface area (TPSA) is 72.9 Å². The molecular formula is C17H16F2N4O. The molecule has 0 aliphatic carbocycles. The van der Waals surface area contributed by atoms with E-state index < -0.39 is 17.5 Å². The summed E-state index contributed by atoms with van der Waals surface area (Å²) < 4.78 is 29.4. The molecule has 5 nitrogen and oxygen atoms in total. The zero-order valence-corrected chi connectivity index (χ0v) is 13.0. The first kappa shape index (κ1) is 16.1. The summed E-state index contributed by atoms with van der Waals surface area (Å²) in [6.07, 6.45) is 1.40. The van der Waals surface area contributed by atoms with E-state index >= 15 is 0 Å². The van der Waals surface area contributed by atoms with Crippen LogP contribution in [0.2, 0.25) is 0 Å². The molecule has 3 aromatic rings. The molecule has 0 unspecified atom stereocenters. The molecule has 3 rings (SSSR count). The maximum absolute atomic E-state index is 14.3. The Morgan fingerprint density at radius 2 is 2.08 bits per heavy atom. The van der Waals surface area contributed by atoms with E-state index in [1.807, 2.05) is 0 Å². The molecule has 0 fully saturated rings. The normalized spacial score (nSPS) is 11.1. The van der Waals surface area contributed by atoms with Crippen molar-refractivity contribution in [3.63, 3.8) is 0 Å². The van der Waals surface area contributed by atoms with Gasteiger partial charge in [0.15, 0.2) is 0 Å². The molecular weight excluding hydrogens is 314 g/mol. The van der Waals surface area contributed by atoms with Gasteiger partial charge < -0.3 is 11.1 Å². The number of nitrogens with one attached hydrogen (secondary N) is 1. The maximum atomic E-state index is 14.3. The molecule has 0 saturated heterocycles. The summed E-state index contributed by atoms with van der Waals surface area (Å²) in [4.78, 5) is 11.2. The quantitative estimate of drug-likeness (QED) is 0.752. The maximum Gasteiger partial charge on any atom is 0.221 e. The van der Waals surface area contributed by atoms with E-state index in [0.29, 0.717) is 23.0 Å². The largest absolute Gasteiger partial charge is 0.369 e. The van der Waals surface area contributed by atoms with Crippen LogP contribution < -0.4 is 11.1 Å². The summed E-state index contributed by atoms with van der Waals surface area (Å²) >= 11 is 0. The summed E-state index contributed by atoms with van der Waals surface area (Å²) in [5.41, 5.74) is 7.04. The van der Waals surface area contributed by atoms with Crippen LogP contribution >= 0.6 is 0 Å². The minimum Gasteiger partial charge on any atom is -0.369 e. The third kappa shape index (κ3) is 3.11. The molecule has 0 radical (unpaired) electrons. The third-order valence-electron chi connectivity index (χ3n) is 3.66. The number of nitrogens with two attached hydrogens (primary N) is 1. The first-order chi connectivity index (χ1) is 11.5. The molecule has 0 spiro atoms. The monoisotopic (exact) mass is 330 g/mol. The predicted molar refractivity (Wildman–Crippen MR) is 86.6 cm³/mol. The van der Waals surface area contributed by atoms with Gasteiger partial charge in [0.25, 0.3) is 0 Å². The van der Waals surface area contributed by atoms with Crippen molar-refractivity contribution in [2.75, 3.05) is 7.05 Å². The van der Waals surface area contributed by atoms with Crippen molar-refractivity contribution in [2.24, 2.45) is 5.73 Å². The number of carbonyl (C=O) groups is 1. The van der Waals surface area contributed by atoms with Crippen LogP contribution in [-0.2, 0) is 17.8 Å². The van der Waals surface area contributed by atoms with Gasteiger partial charge in [-0.2, -0.15) is 5.10 Å². The van der Waals surface area contributed by atoms with Crippen molar-refractivity contribution < 1.29 is 13.6 Å². The van der Waals surface area contributed by atoms with Crippen molar-refractivity contribution in [1.29, 1.82) is 0 Å². The average molecular weight is 330 g/mol. The fourth-order valence-electron chi connectivity index (χ4n) is 2.66. The van der Waals surface area contributed by atoms with Gasteiger partial charge in [0, 0.05) is 18.1 Å². The van der Waals surface area contributed by atoms with Crippen LogP contribution in [0.1, 0.15) is 11.1 Å². The molecule has 124 valence electrons. The Bertz CT molecular complexity index is 920. The number of hydrogen-bond acceptors (Lipinski definition) is 3. The highest BCUT2D eigenvalue weighted by Crippen LogP contribution is 2.23. The predicted octanol–water partition coefficient (Wildman–Crippen LogP) is 2.05. The lowest BCUT2D eigenvalue weighted by Gasteiger charge is -2.06. The molecule has 24 heavy (non-hydrogen) atoms. The number of benzene rings is 2. The van der Waals surface area contributed by atoms with E-state index in [4.69, 9.17) is 5.73 Å². The standard InChI is InChI=1S/C17H16F2N4O/c1-21-8-10-2-3-15(14(19)4-10)23-9-12-6-13(18)5-11(7-16(20)24)17(12)22-23/h2-6,9,21H,7-8H2,1H3,(H2,20,24). The highest BCUT2D eigenvalue weighted by Gasteiger charge is 2.13. The minimum atomic E-state index is -0.584. The van der Waals surface area contributed by atoms with Crippen molar-refractivity contribution in [3.8, 4) is 5.69 Å². The smallest absolute Gasteiger partial charge is 0.221 e. The molecule has 1 amide bonds. The van der Waals surface area contributed by atoms with Gasteiger partial charge in [-0.15, -0.1) is 0 Å². The number of rotatable bonds is 5. The van der Waals surface area contributed by atoms with Crippen molar-refractivity contribution in [2.45, 2.75) is 13.0 Å². The molecule has 3 N–H and O–H groups in total. The van der Waals surface area contributed by atoms with E-state index in [9.17, 15) is 13.6 Å². The number of primary amides is 1. The zero-order chi connectivity index (χ0) is 17.3. The fraction of sp³-hybridized carbons (Fsp3) is 0.176. The van der Waals surface area contributed by atoms with Gasteiger partial charge in [0.1, 0.15) is 17.3 Å². The number of carbonyl (C=O) groups excluding carboxylic acids is 1. The summed E-state index contributed by atoms with van der Waals surface area (Å²) in [7, 11) is 1.78. The lowest BCUT2D eigenvalue weighted by molar-refractivity contribution is -0.117. The number of fused-ring (bicyclic) bond motifs is 1. The Hall–Kier alpha value is -2.80. The summed E-state index contributed by atoms with van der Waals surface area (Å²) in [6, 6.07) is 7.32. The number of aromatic nitrogens is 2. The molecule has 1 heterocycles. The number of nitrogens with zero attached hydrogens (tertiary/aromatic N) is 2. The van der Waals surface area contributed by atoms with Gasteiger partial charge in [-0.25, -0.2) is 13.5 Å². The first-order valence-corrected chi connectivity index (χ1v) is 7.37. The summed E-state index contributed by atoms with van der Waals surface area (Å²) in [5.74, 6) is -1.52. The van der Waals surface area contributed by atoms with E-state index in [2.05, 4.69) is 10.4 Å². The van der Waals surface area contributed by atoms with Gasteiger partial charge in [-0.05, 0) is 42.4 Å². The van der Waals surface area contributed by atoms with Gasteiger partial charge in [-0.3, -0.25) is 4.79 Å². The second kappa shape index (κ2) is 6.37. The molecule has 2 aromatic carbocycles. The first-order valence-electron chi connectivity index (χ1n) is 7.37. The molecule has 7 heteroatoms. The van der Waals surface area contributed by atoms with Gasteiger partial charge >= 0.3 is 0 Å². The average Bonchev–Trinajstić information content (AvgIpc) is 2.90. The highest BCUT2D eigenvalue weighted by atomic mass is 19.1. The lowest BCUT2D eigenvalue weighted by Crippen LogP contribution is -2.14. The van der Waals surface area contributed by atoms with Crippen LogP contribution in [0.4, 0.5) is 8.78 Å². The SMILES string of the molecule is CNCc1ccc(-n2cc3cc(F)cc(CC(N)=O)c3n2)c(F)c1. The highest BCUT2D eigenvalue weighted by molar-refractivity contribution is 5.87. The molecule has 0 bridgehead atoms. The minimum absolute atomic E-state index is 0.130. The Morgan fingerprint density at radius 3 is 2.75 bits per heavy atom. The van der Waals surface area contributed by atoms with Crippen LogP contribution in [-0.4, -0.2) is 22.7 Å². The Kier molecular flexibility index (Phi) is 4.26. The Balaban J connectivity index is 2.09. The third-order valence-corrected chi connectivity index (χ3v) is 3.66. The van der Waals surface area contributed by atoms with Gasteiger partial charge in [-0.1, -0.05) is 6.07 Å². The van der Waals surface area contributed by atoms with Crippen molar-refractivity contribution >= 4 is 16.8 Å². The van der Waals surface area contributed by atoms with Crippen molar-refractivity contribution in [1.82, 2.24) is 15.1 Å². The molecule has 0 saturated carbocycles. The molecule has 1 aromatic heterocycles. The number of amides is 1. The summed E-state index contributed by atoms with van der Waals surface area (Å²) in [5, 5.41) is 7.73. The van der Waals surface area contributed by atoms with E-state index in [0.717, 1.165) is 5.56 Å². The van der Waals surface area contributed by atoms with Gasteiger partial charge in [0.2, 0.25) is 5.91 Å². The fourth-order valence-corrected chi connectivity index (χ4v) is 2.66. The van der Waals surface area contributed by atoms with Crippen LogP contribution in [0.25, 0.3) is 16.6 Å². The van der Waals surface area contributed by atoms with E-state index in [1.54, 1.807) is 19.2 Å². The summed E-state index contributed by atoms with van der Waals surface area (Å²) in [6.45, 7) is 0.548.